The lowest BCUT2D eigenvalue weighted by Crippen LogP contribution is -2.33. The summed E-state index contributed by atoms with van der Waals surface area (Å²) in [6.45, 7) is 6.90. The topological polar surface area (TPSA) is 46.9 Å². The fraction of sp³-hybridized carbons (Fsp3) is 0.636. The maximum atomic E-state index is 11.8. The molecule has 0 saturated heterocycles. The summed E-state index contributed by atoms with van der Waals surface area (Å²) in [6.07, 6.45) is 3.58. The molecule has 4 heteroatoms. The first-order valence-electron chi connectivity index (χ1n) is 5.51. The van der Waals surface area contributed by atoms with Crippen molar-refractivity contribution in [3.8, 4) is 0 Å². The van der Waals surface area contributed by atoms with E-state index in [0.717, 1.165) is 19.4 Å². The van der Waals surface area contributed by atoms with Gasteiger partial charge in [-0.15, -0.1) is 0 Å². The molecule has 84 valence electrons. The molecule has 1 heterocycles. The molecule has 1 aromatic rings. The molecule has 1 aromatic heterocycles. The van der Waals surface area contributed by atoms with Crippen LogP contribution >= 0.6 is 0 Å². The summed E-state index contributed by atoms with van der Waals surface area (Å²) in [7, 11) is 0. The lowest BCUT2D eigenvalue weighted by molar-refractivity contribution is 0.0928. The van der Waals surface area contributed by atoms with E-state index in [4.69, 9.17) is 0 Å². The Morgan fingerprint density at radius 2 is 2.33 bits per heavy atom. The second-order valence-corrected chi connectivity index (χ2v) is 3.72. The van der Waals surface area contributed by atoms with Crippen LogP contribution in [0.5, 0.6) is 0 Å². The monoisotopic (exact) mass is 209 g/mol. The van der Waals surface area contributed by atoms with Crippen molar-refractivity contribution < 1.29 is 4.79 Å². The number of nitrogens with one attached hydrogen (secondary N) is 1. The van der Waals surface area contributed by atoms with E-state index in [1.165, 1.54) is 0 Å². The summed E-state index contributed by atoms with van der Waals surface area (Å²) in [4.78, 5) is 11.8. The number of hydrogen-bond donors (Lipinski definition) is 1. The number of aromatic nitrogens is 2. The molecule has 0 aliphatic rings. The quantitative estimate of drug-likeness (QED) is 0.804. The van der Waals surface area contributed by atoms with Crippen LogP contribution in [0.3, 0.4) is 0 Å². The lowest BCUT2D eigenvalue weighted by Gasteiger charge is -2.12. The fourth-order valence-electron chi connectivity index (χ4n) is 1.32. The van der Waals surface area contributed by atoms with Crippen LogP contribution in [-0.2, 0) is 6.54 Å². The van der Waals surface area contributed by atoms with E-state index in [-0.39, 0.29) is 11.9 Å². The zero-order valence-corrected chi connectivity index (χ0v) is 9.66. The molecule has 0 spiro atoms. The molecule has 0 radical (unpaired) electrons. The largest absolute Gasteiger partial charge is 0.348 e. The number of hydrogen-bond acceptors (Lipinski definition) is 2. The van der Waals surface area contributed by atoms with Crippen LogP contribution < -0.4 is 5.32 Å². The molecular weight excluding hydrogens is 190 g/mol. The number of nitrogens with zero attached hydrogens (tertiary/aromatic N) is 2. The van der Waals surface area contributed by atoms with Gasteiger partial charge in [0.1, 0.15) is 5.69 Å². The molecule has 0 aliphatic heterocycles. The van der Waals surface area contributed by atoms with Crippen molar-refractivity contribution in [3.63, 3.8) is 0 Å². The number of carbonyl (C=O) groups excluding carboxylic acids is 1. The summed E-state index contributed by atoms with van der Waals surface area (Å²) >= 11 is 0. The van der Waals surface area contributed by atoms with Gasteiger partial charge < -0.3 is 5.32 Å². The number of rotatable bonds is 5. The van der Waals surface area contributed by atoms with E-state index < -0.39 is 0 Å². The second kappa shape index (κ2) is 5.53. The van der Waals surface area contributed by atoms with Crippen molar-refractivity contribution in [2.24, 2.45) is 0 Å². The summed E-state index contributed by atoms with van der Waals surface area (Å²) in [5.41, 5.74) is 0.650. The van der Waals surface area contributed by atoms with E-state index in [2.05, 4.69) is 17.3 Å². The van der Waals surface area contributed by atoms with Gasteiger partial charge in [0, 0.05) is 18.8 Å². The van der Waals surface area contributed by atoms with Gasteiger partial charge in [-0.1, -0.05) is 13.8 Å². The number of amides is 1. The third-order valence-corrected chi connectivity index (χ3v) is 2.37. The van der Waals surface area contributed by atoms with Gasteiger partial charge in [-0.3, -0.25) is 9.48 Å². The van der Waals surface area contributed by atoms with Crippen LogP contribution in [0.1, 0.15) is 44.1 Å². The smallest absolute Gasteiger partial charge is 0.269 e. The first kappa shape index (κ1) is 11.8. The molecule has 1 amide bonds. The molecule has 0 aliphatic carbocycles. The van der Waals surface area contributed by atoms with E-state index in [9.17, 15) is 4.79 Å². The van der Waals surface area contributed by atoms with Gasteiger partial charge in [-0.25, -0.2) is 0 Å². The van der Waals surface area contributed by atoms with Crippen molar-refractivity contribution in [2.45, 2.75) is 46.2 Å². The molecule has 1 rings (SSSR count). The molecule has 0 fully saturated rings. The SMILES string of the molecule is CCCn1nccc1C(=O)NC(C)CC. The maximum Gasteiger partial charge on any atom is 0.269 e. The third kappa shape index (κ3) is 3.08. The van der Waals surface area contributed by atoms with Gasteiger partial charge in [0.15, 0.2) is 0 Å². The Kier molecular flexibility index (Phi) is 4.34. The van der Waals surface area contributed by atoms with Crippen molar-refractivity contribution in [1.82, 2.24) is 15.1 Å². The molecule has 1 atom stereocenters. The van der Waals surface area contributed by atoms with E-state index in [1.807, 2.05) is 13.8 Å². The highest BCUT2D eigenvalue weighted by atomic mass is 16.2. The van der Waals surface area contributed by atoms with Crippen LogP contribution in [0.25, 0.3) is 0 Å². The minimum absolute atomic E-state index is 0.0321. The average Bonchev–Trinajstić information content (AvgIpc) is 2.66. The lowest BCUT2D eigenvalue weighted by atomic mass is 10.2. The van der Waals surface area contributed by atoms with E-state index in [1.54, 1.807) is 16.9 Å². The number of aryl methyl sites for hydroxylation is 1. The van der Waals surface area contributed by atoms with E-state index in [0.29, 0.717) is 5.69 Å². The average molecular weight is 209 g/mol. The summed E-state index contributed by atoms with van der Waals surface area (Å²) in [5, 5.41) is 7.05. The molecule has 0 saturated carbocycles. The zero-order valence-electron chi connectivity index (χ0n) is 9.66. The van der Waals surface area contributed by atoms with Crippen LogP contribution in [0.2, 0.25) is 0 Å². The zero-order chi connectivity index (χ0) is 11.3. The molecule has 0 bridgehead atoms. The summed E-state index contributed by atoms with van der Waals surface area (Å²) in [5.74, 6) is -0.0321. The predicted molar refractivity (Wildman–Crippen MR) is 59.7 cm³/mol. The van der Waals surface area contributed by atoms with E-state index >= 15 is 0 Å². The summed E-state index contributed by atoms with van der Waals surface area (Å²) < 4.78 is 1.75. The van der Waals surface area contributed by atoms with Crippen molar-refractivity contribution in [1.29, 1.82) is 0 Å². The Morgan fingerprint density at radius 1 is 1.60 bits per heavy atom. The minimum Gasteiger partial charge on any atom is -0.348 e. The highest BCUT2D eigenvalue weighted by Gasteiger charge is 2.12. The van der Waals surface area contributed by atoms with Gasteiger partial charge in [0.25, 0.3) is 5.91 Å². The first-order valence-corrected chi connectivity index (χ1v) is 5.51. The maximum absolute atomic E-state index is 11.8. The standard InChI is InChI=1S/C11H19N3O/c1-4-8-14-10(6-7-12-14)11(15)13-9(3)5-2/h6-7,9H,4-5,8H2,1-3H3,(H,13,15). The third-order valence-electron chi connectivity index (χ3n) is 2.37. The van der Waals surface area contributed by atoms with Crippen LogP contribution in [-0.4, -0.2) is 21.7 Å². The van der Waals surface area contributed by atoms with Crippen molar-refractivity contribution in [3.05, 3.63) is 18.0 Å². The van der Waals surface area contributed by atoms with Crippen LogP contribution in [0.4, 0.5) is 0 Å². The van der Waals surface area contributed by atoms with Crippen molar-refractivity contribution in [2.75, 3.05) is 0 Å². The van der Waals surface area contributed by atoms with Gasteiger partial charge in [0.05, 0.1) is 0 Å². The molecule has 4 nitrogen and oxygen atoms in total. The minimum atomic E-state index is -0.0321. The Balaban J connectivity index is 2.68. The normalized spacial score (nSPS) is 12.5. The second-order valence-electron chi connectivity index (χ2n) is 3.72. The van der Waals surface area contributed by atoms with Gasteiger partial charge in [0.2, 0.25) is 0 Å². The molecular formula is C11H19N3O. The molecule has 1 unspecified atom stereocenters. The summed E-state index contributed by atoms with van der Waals surface area (Å²) in [6, 6.07) is 1.97. The molecule has 1 N–H and O–H groups in total. The van der Waals surface area contributed by atoms with Gasteiger partial charge >= 0.3 is 0 Å². The highest BCUT2D eigenvalue weighted by molar-refractivity contribution is 5.92. The van der Waals surface area contributed by atoms with Crippen LogP contribution in [0, 0.1) is 0 Å². The Hall–Kier alpha value is -1.32. The van der Waals surface area contributed by atoms with Crippen LogP contribution in [0.15, 0.2) is 12.3 Å². The first-order chi connectivity index (χ1) is 7.19. The molecule has 0 aromatic carbocycles. The predicted octanol–water partition coefficient (Wildman–Crippen LogP) is 1.82. The van der Waals surface area contributed by atoms with Crippen molar-refractivity contribution >= 4 is 5.91 Å². The highest BCUT2D eigenvalue weighted by Crippen LogP contribution is 2.01. The Labute approximate surface area is 90.7 Å². The molecule has 15 heavy (non-hydrogen) atoms. The Morgan fingerprint density at radius 3 is 2.93 bits per heavy atom. The van der Waals surface area contributed by atoms with Gasteiger partial charge in [-0.05, 0) is 25.8 Å². The van der Waals surface area contributed by atoms with Gasteiger partial charge in [-0.2, -0.15) is 5.10 Å². The number of carbonyl (C=O) groups is 1. The fourth-order valence-corrected chi connectivity index (χ4v) is 1.32. The Bertz CT molecular complexity index is 319.